The molecule has 3 aliphatic carbocycles. The Morgan fingerprint density at radius 3 is 2.76 bits per heavy atom. The number of amides is 1. The summed E-state index contributed by atoms with van der Waals surface area (Å²) in [5.74, 6) is 0.829. The maximum Gasteiger partial charge on any atom is 0.271 e. The first-order chi connectivity index (χ1) is 15.7. The highest BCUT2D eigenvalue weighted by atomic mass is 16.3. The average Bonchev–Trinajstić information content (AvgIpc) is 3.47. The van der Waals surface area contributed by atoms with E-state index in [4.69, 9.17) is 15.8 Å². The number of nitrogens with two attached hydrogens (primary N) is 1. The van der Waals surface area contributed by atoms with Crippen molar-refractivity contribution in [1.82, 2.24) is 19.7 Å². The molecule has 0 radical (unpaired) electrons. The van der Waals surface area contributed by atoms with E-state index in [0.29, 0.717) is 36.8 Å². The minimum Gasteiger partial charge on any atom is -0.393 e. The van der Waals surface area contributed by atoms with Crippen molar-refractivity contribution in [3.05, 3.63) is 28.8 Å². The van der Waals surface area contributed by atoms with Gasteiger partial charge in [-0.3, -0.25) is 9.59 Å². The summed E-state index contributed by atoms with van der Waals surface area (Å²) in [5, 5.41) is 18.2. The third-order valence-electron chi connectivity index (χ3n) is 6.99. The first-order valence-electron chi connectivity index (χ1n) is 12.0. The van der Waals surface area contributed by atoms with Crippen LogP contribution in [0.5, 0.6) is 0 Å². The van der Waals surface area contributed by atoms with Gasteiger partial charge in [0.1, 0.15) is 0 Å². The smallest absolute Gasteiger partial charge is 0.271 e. The molecule has 5 rings (SSSR count). The second-order valence-electron chi connectivity index (χ2n) is 10.7. The lowest BCUT2D eigenvalue weighted by molar-refractivity contribution is 0.0909. The van der Waals surface area contributed by atoms with Crippen LogP contribution in [0.15, 0.2) is 6.20 Å². The van der Waals surface area contributed by atoms with Crippen LogP contribution in [0.1, 0.15) is 91.0 Å². The molecular weight excluding hydrogens is 420 g/mol. The Bertz CT molecular complexity index is 1100. The lowest BCUT2D eigenvalue weighted by Crippen LogP contribution is -2.32. The quantitative estimate of drug-likeness (QED) is 0.613. The van der Waals surface area contributed by atoms with Crippen molar-refractivity contribution in [2.45, 2.75) is 83.8 Å². The topological polar surface area (TPSA) is 136 Å². The van der Waals surface area contributed by atoms with Gasteiger partial charge in [0.15, 0.2) is 23.1 Å². The van der Waals surface area contributed by atoms with E-state index in [1.807, 2.05) is 0 Å². The molecule has 0 aliphatic heterocycles. The molecule has 0 spiro atoms. The van der Waals surface area contributed by atoms with E-state index >= 15 is 0 Å². The molecular formula is C24H32N6O3. The zero-order chi connectivity index (χ0) is 23.3. The number of fused-ring (bicyclic) bond motifs is 1. The Kier molecular flexibility index (Phi) is 5.47. The molecule has 2 aromatic rings. The zero-order valence-electron chi connectivity index (χ0n) is 19.3. The van der Waals surface area contributed by atoms with Gasteiger partial charge in [-0.05, 0) is 62.7 Å². The summed E-state index contributed by atoms with van der Waals surface area (Å²) < 4.78 is 1.74. The Morgan fingerprint density at radius 2 is 2.06 bits per heavy atom. The number of carbonyl (C=O) groups excluding carboxylic acids is 2. The van der Waals surface area contributed by atoms with Gasteiger partial charge in [0.2, 0.25) is 0 Å². The van der Waals surface area contributed by atoms with E-state index in [9.17, 15) is 14.7 Å². The van der Waals surface area contributed by atoms with Crippen molar-refractivity contribution in [1.29, 1.82) is 0 Å². The third-order valence-corrected chi connectivity index (χ3v) is 6.99. The van der Waals surface area contributed by atoms with Crippen LogP contribution in [0, 0.1) is 11.3 Å². The molecule has 0 bridgehead atoms. The van der Waals surface area contributed by atoms with E-state index in [1.54, 1.807) is 4.68 Å². The highest BCUT2D eigenvalue weighted by Gasteiger charge is 2.38. The minimum atomic E-state index is -0.666. The predicted octanol–water partition coefficient (Wildman–Crippen LogP) is 2.58. The maximum absolute atomic E-state index is 13.1. The monoisotopic (exact) mass is 452 g/mol. The van der Waals surface area contributed by atoms with Crippen molar-refractivity contribution in [2.24, 2.45) is 17.1 Å². The number of ketones is 1. The summed E-state index contributed by atoms with van der Waals surface area (Å²) in [6, 6.07) is -0.0196. The van der Waals surface area contributed by atoms with Crippen LogP contribution in [-0.4, -0.2) is 48.7 Å². The molecule has 2 saturated carbocycles. The van der Waals surface area contributed by atoms with Gasteiger partial charge in [-0.2, -0.15) is 5.10 Å². The SMILES string of the molecule is CC1(C)CC(=O)c2c(CC3CC3)nn(-c3cnc(C(N)=O)c(NC4CCCC(O)C4)n3)c2C1. The van der Waals surface area contributed by atoms with Crippen molar-refractivity contribution in [2.75, 3.05) is 5.32 Å². The van der Waals surface area contributed by atoms with Crippen LogP contribution in [0.3, 0.4) is 0 Å². The standard InChI is InChI=1S/C24H32N6O3/c1-24(2)10-17-20(18(32)11-24)16(8-13-6-7-13)29-30(17)19-12-26-21(22(25)33)23(28-19)27-14-4-3-5-15(31)9-14/h12-15,31H,3-11H2,1-2H3,(H2,25,33)(H,27,28). The summed E-state index contributed by atoms with van der Waals surface area (Å²) >= 11 is 0. The molecule has 176 valence electrons. The number of primary amides is 1. The second-order valence-corrected chi connectivity index (χ2v) is 10.7. The van der Waals surface area contributed by atoms with Crippen molar-refractivity contribution in [3.8, 4) is 5.82 Å². The number of nitrogens with zero attached hydrogens (tertiary/aromatic N) is 4. The van der Waals surface area contributed by atoms with Crippen LogP contribution in [-0.2, 0) is 12.8 Å². The van der Waals surface area contributed by atoms with E-state index < -0.39 is 5.91 Å². The predicted molar refractivity (Wildman–Crippen MR) is 122 cm³/mol. The van der Waals surface area contributed by atoms with Crippen molar-refractivity contribution < 1.29 is 14.7 Å². The third kappa shape index (κ3) is 4.51. The number of aliphatic hydroxyl groups is 1. The van der Waals surface area contributed by atoms with Gasteiger partial charge in [0.25, 0.3) is 5.91 Å². The fourth-order valence-corrected chi connectivity index (χ4v) is 5.21. The van der Waals surface area contributed by atoms with E-state index in [1.165, 1.54) is 19.0 Å². The van der Waals surface area contributed by atoms with Gasteiger partial charge in [-0.25, -0.2) is 14.6 Å². The lowest BCUT2D eigenvalue weighted by Gasteiger charge is -2.29. The molecule has 3 aliphatic rings. The Hall–Kier alpha value is -2.81. The second kappa shape index (κ2) is 8.20. The number of aromatic nitrogens is 4. The molecule has 2 fully saturated rings. The molecule has 0 saturated heterocycles. The molecule has 2 unspecified atom stereocenters. The molecule has 2 atom stereocenters. The van der Waals surface area contributed by atoms with Gasteiger partial charge < -0.3 is 16.2 Å². The number of hydrogen-bond acceptors (Lipinski definition) is 7. The molecule has 4 N–H and O–H groups in total. The molecule has 2 aromatic heterocycles. The molecule has 2 heterocycles. The first kappa shape index (κ1) is 22.0. The fraction of sp³-hybridized carbons (Fsp3) is 0.625. The largest absolute Gasteiger partial charge is 0.393 e. The van der Waals surface area contributed by atoms with Gasteiger partial charge in [0, 0.05) is 12.5 Å². The normalized spacial score (nSPS) is 24.4. The number of nitrogens with one attached hydrogen (secondary N) is 1. The van der Waals surface area contributed by atoms with Gasteiger partial charge in [0.05, 0.1) is 29.3 Å². The molecule has 9 heteroatoms. The van der Waals surface area contributed by atoms with E-state index in [-0.39, 0.29) is 29.0 Å². The Balaban J connectivity index is 1.56. The first-order valence-corrected chi connectivity index (χ1v) is 12.0. The number of anilines is 1. The van der Waals surface area contributed by atoms with Crippen molar-refractivity contribution >= 4 is 17.5 Å². The van der Waals surface area contributed by atoms with Crippen LogP contribution >= 0.6 is 0 Å². The maximum atomic E-state index is 13.1. The average molecular weight is 453 g/mol. The van der Waals surface area contributed by atoms with Crippen LogP contribution in [0.2, 0.25) is 0 Å². The van der Waals surface area contributed by atoms with Crippen molar-refractivity contribution in [3.63, 3.8) is 0 Å². The van der Waals surface area contributed by atoms with E-state index in [0.717, 1.165) is 42.6 Å². The number of Topliss-reactive ketones (excluding diaryl/α,β-unsaturated/α-hetero) is 1. The summed E-state index contributed by atoms with van der Waals surface area (Å²) in [5.41, 5.74) is 7.92. The summed E-state index contributed by atoms with van der Waals surface area (Å²) in [6.07, 6.45) is 8.62. The molecule has 9 nitrogen and oxygen atoms in total. The fourth-order valence-electron chi connectivity index (χ4n) is 5.21. The lowest BCUT2D eigenvalue weighted by atomic mass is 9.75. The molecule has 33 heavy (non-hydrogen) atoms. The summed E-state index contributed by atoms with van der Waals surface area (Å²) in [4.78, 5) is 34.1. The summed E-state index contributed by atoms with van der Waals surface area (Å²) in [7, 11) is 0. The Labute approximate surface area is 193 Å². The number of carbonyl (C=O) groups is 2. The number of rotatable bonds is 6. The van der Waals surface area contributed by atoms with Crippen LogP contribution < -0.4 is 11.1 Å². The summed E-state index contributed by atoms with van der Waals surface area (Å²) in [6.45, 7) is 4.18. The van der Waals surface area contributed by atoms with Crippen LogP contribution in [0.4, 0.5) is 5.82 Å². The van der Waals surface area contributed by atoms with Gasteiger partial charge in [-0.15, -0.1) is 0 Å². The van der Waals surface area contributed by atoms with E-state index in [2.05, 4.69) is 24.1 Å². The molecule has 1 amide bonds. The number of aliphatic hydroxyl groups excluding tert-OH is 1. The minimum absolute atomic E-state index is 0.0196. The number of hydrogen-bond donors (Lipinski definition) is 3. The molecule has 0 aromatic carbocycles. The Morgan fingerprint density at radius 1 is 1.27 bits per heavy atom. The van der Waals surface area contributed by atoms with Gasteiger partial charge in [-0.1, -0.05) is 13.8 Å². The highest BCUT2D eigenvalue weighted by Crippen LogP contribution is 2.40. The zero-order valence-corrected chi connectivity index (χ0v) is 19.3. The van der Waals surface area contributed by atoms with Gasteiger partial charge >= 0.3 is 0 Å². The van der Waals surface area contributed by atoms with Crippen LogP contribution in [0.25, 0.3) is 5.82 Å². The highest BCUT2D eigenvalue weighted by molar-refractivity contribution is 6.00.